The molecule has 0 aromatic heterocycles. The maximum Gasteiger partial charge on any atom is 0.407 e. The van der Waals surface area contributed by atoms with Crippen molar-refractivity contribution >= 4 is 89.0 Å². The van der Waals surface area contributed by atoms with Gasteiger partial charge in [0.05, 0.1) is 0 Å². The number of fused-ring (bicyclic) bond motifs is 3. The van der Waals surface area contributed by atoms with Crippen LogP contribution in [0.4, 0.5) is 4.79 Å². The van der Waals surface area contributed by atoms with Crippen molar-refractivity contribution in [3.63, 3.8) is 0 Å². The molecule has 7 atom stereocenters. The number of aliphatic carboxylic acids is 3. The molecule has 3 rings (SSSR count). The molecule has 29 nitrogen and oxygen atoms in total. The average molecular weight is 1170 g/mol. The summed E-state index contributed by atoms with van der Waals surface area (Å²) in [6, 6.07) is 4.29. The molecule has 1 aliphatic carbocycles. The Labute approximate surface area is 477 Å². The van der Waals surface area contributed by atoms with E-state index in [9.17, 15) is 68.1 Å². The van der Waals surface area contributed by atoms with Crippen LogP contribution in [0.25, 0.3) is 11.1 Å². The molecule has 0 bridgehead atoms. The van der Waals surface area contributed by atoms with Gasteiger partial charge in [-0.15, -0.1) is 0 Å². The number of hydrogen-bond acceptors (Lipinski definition) is 15. The highest BCUT2D eigenvalue weighted by atomic mass is 32.2. The third-order valence-corrected chi connectivity index (χ3v) is 13.5. The van der Waals surface area contributed by atoms with Crippen LogP contribution < -0.4 is 65.9 Å². The predicted octanol–water partition coefficient (Wildman–Crippen LogP) is -1.60. The van der Waals surface area contributed by atoms with Crippen molar-refractivity contribution in [2.75, 3.05) is 31.7 Å². The molecule has 0 spiro atoms. The minimum absolute atomic E-state index is 0.0166. The molecule has 8 amide bonds. The zero-order chi connectivity index (χ0) is 61.1. The van der Waals surface area contributed by atoms with Crippen LogP contribution in [0.2, 0.25) is 0 Å². The zero-order valence-electron chi connectivity index (χ0n) is 45.9. The lowest BCUT2D eigenvalue weighted by Gasteiger charge is -2.28. The topological polar surface area (TPSA) is 497 Å². The van der Waals surface area contributed by atoms with Gasteiger partial charge in [0.25, 0.3) is 0 Å². The summed E-state index contributed by atoms with van der Waals surface area (Å²) in [7, 11) is 0. The fourth-order valence-electron chi connectivity index (χ4n) is 8.59. The molecule has 0 radical (unpaired) electrons. The van der Waals surface area contributed by atoms with Crippen molar-refractivity contribution in [2.24, 2.45) is 44.6 Å². The summed E-state index contributed by atoms with van der Waals surface area (Å²) in [5.41, 5.74) is 31.0. The first-order valence-corrected chi connectivity index (χ1v) is 27.7. The lowest BCUT2D eigenvalue weighted by atomic mass is 9.98. The Bertz CT molecular complexity index is 2600. The molecule has 82 heavy (non-hydrogen) atoms. The van der Waals surface area contributed by atoms with E-state index in [0.717, 1.165) is 22.3 Å². The van der Waals surface area contributed by atoms with E-state index >= 15 is 0 Å². The van der Waals surface area contributed by atoms with E-state index in [1.165, 1.54) is 11.8 Å². The van der Waals surface area contributed by atoms with Crippen LogP contribution in [0.3, 0.4) is 0 Å². The van der Waals surface area contributed by atoms with Gasteiger partial charge in [0, 0.05) is 38.3 Å². The number of rotatable bonds is 37. The molecule has 0 aliphatic heterocycles. The van der Waals surface area contributed by atoms with Gasteiger partial charge in [-0.1, -0.05) is 62.4 Å². The standard InChI is InChI=1S/C52H76N14O15S/c1-27(2)42(49(78)79)66-48(77)34(15-9-24-59-51(56)57)61-43(72)33(14-8-23-58-50(54)55)60-44(73)35(16-19-39(53)67)62-47(76)38(22-25-82-3)64-45(74)36(17-20-40(68)69)63-46(75)37(18-21-41(70)71)65-52(80)81-26-32-30-12-6-4-10-28(30)29-11-5-7-13-31(29)32/h4-7,10-13,27,32-38,42H,8-9,14-26H2,1-3H3,(H2,53,67)(H,60,73)(H,61,72)(H,62,76)(H,63,75)(H,64,74)(H,65,80)(H,66,77)(H,68,69)(H,70,71)(H,78,79)(H4,54,55,58)(H4,56,57,59)/t33-,34-,35-,36-,37-,38-,42-/m0/s1. The Hall–Kier alpha value is -8.70. The normalized spacial score (nSPS) is 14.0. The Morgan fingerprint density at radius 1 is 0.524 bits per heavy atom. The van der Waals surface area contributed by atoms with Gasteiger partial charge in [-0.3, -0.25) is 53.1 Å². The smallest absolute Gasteiger partial charge is 0.407 e. The number of primary amides is 1. The van der Waals surface area contributed by atoms with E-state index in [-0.39, 0.29) is 75.4 Å². The number of nitrogens with one attached hydrogen (secondary N) is 7. The number of aliphatic imine (C=N–C) groups is 2. The Morgan fingerprint density at radius 2 is 0.890 bits per heavy atom. The number of thioether (sulfide) groups is 1. The molecule has 450 valence electrons. The molecule has 1 aliphatic rings. The van der Waals surface area contributed by atoms with Gasteiger partial charge in [0.1, 0.15) is 48.9 Å². The highest BCUT2D eigenvalue weighted by molar-refractivity contribution is 7.98. The SMILES string of the molecule is CSCC[C@H](NC(=O)[C@H](CCC(=O)O)NC(=O)[C@H](CCC(=O)O)NC(=O)OCC1c2ccccc2-c2ccccc21)C(=O)N[C@@H](CCC(N)=O)C(=O)N[C@@H](CCCN=C(N)N)C(=O)N[C@@H](CCCN=C(N)N)C(=O)N[C@H](C(=O)O)C(C)C. The molecular weight excluding hydrogens is 1090 g/mol. The summed E-state index contributed by atoms with van der Waals surface area (Å²) in [6.07, 6.45) is -3.00. The Morgan fingerprint density at radius 3 is 1.26 bits per heavy atom. The molecule has 2 aromatic rings. The first kappa shape index (κ1) is 67.6. The highest BCUT2D eigenvalue weighted by Crippen LogP contribution is 2.44. The van der Waals surface area contributed by atoms with Gasteiger partial charge in [0.2, 0.25) is 41.4 Å². The summed E-state index contributed by atoms with van der Waals surface area (Å²) >= 11 is 1.25. The third-order valence-electron chi connectivity index (χ3n) is 12.8. The quantitative estimate of drug-likeness (QED) is 0.0206. The van der Waals surface area contributed by atoms with Crippen LogP contribution in [-0.4, -0.2) is 167 Å². The number of hydrogen-bond donors (Lipinski definition) is 15. The van der Waals surface area contributed by atoms with Crippen molar-refractivity contribution < 1.29 is 72.8 Å². The second-order valence-electron chi connectivity index (χ2n) is 19.4. The molecule has 0 saturated carbocycles. The molecule has 0 fully saturated rings. The van der Waals surface area contributed by atoms with Crippen molar-refractivity contribution in [1.29, 1.82) is 0 Å². The van der Waals surface area contributed by atoms with Gasteiger partial charge in [0.15, 0.2) is 11.9 Å². The fraction of sp³-hybridized carbons (Fsp3) is 0.519. The van der Waals surface area contributed by atoms with E-state index < -0.39 is 152 Å². The second-order valence-corrected chi connectivity index (χ2v) is 20.4. The van der Waals surface area contributed by atoms with Crippen molar-refractivity contribution in [1.82, 2.24) is 37.2 Å². The minimum atomic E-state index is -1.71. The molecule has 0 unspecified atom stereocenters. The van der Waals surface area contributed by atoms with E-state index in [1.807, 2.05) is 48.5 Å². The number of amides is 8. The lowest BCUT2D eigenvalue weighted by molar-refractivity contribution is -0.143. The van der Waals surface area contributed by atoms with Crippen LogP contribution in [0.15, 0.2) is 58.5 Å². The Kier molecular flexibility index (Phi) is 28.4. The number of nitrogens with zero attached hydrogens (tertiary/aromatic N) is 2. The molecule has 0 saturated heterocycles. The zero-order valence-corrected chi connectivity index (χ0v) is 46.7. The first-order valence-electron chi connectivity index (χ1n) is 26.3. The Balaban J connectivity index is 1.89. The maximum absolute atomic E-state index is 14.2. The number of carbonyl (C=O) groups excluding carboxylic acids is 8. The highest BCUT2D eigenvalue weighted by Gasteiger charge is 2.36. The van der Waals surface area contributed by atoms with Crippen LogP contribution in [0.1, 0.15) is 102 Å². The molecule has 30 heteroatoms. The summed E-state index contributed by atoms with van der Waals surface area (Å²) in [5, 5.41) is 46.1. The number of benzene rings is 2. The fourth-order valence-corrected chi connectivity index (χ4v) is 9.06. The van der Waals surface area contributed by atoms with Crippen molar-refractivity contribution in [2.45, 2.75) is 133 Å². The number of carbonyl (C=O) groups is 11. The van der Waals surface area contributed by atoms with Gasteiger partial charge < -0.3 is 85.9 Å². The van der Waals surface area contributed by atoms with Crippen molar-refractivity contribution in [3.05, 3.63) is 59.7 Å². The van der Waals surface area contributed by atoms with Gasteiger partial charge in [-0.05, 0) is 91.5 Å². The monoisotopic (exact) mass is 1170 g/mol. The van der Waals surface area contributed by atoms with E-state index in [4.69, 9.17) is 33.4 Å². The van der Waals surface area contributed by atoms with Gasteiger partial charge >= 0.3 is 24.0 Å². The van der Waals surface area contributed by atoms with Crippen LogP contribution in [-0.2, 0) is 52.7 Å². The summed E-state index contributed by atoms with van der Waals surface area (Å²) in [4.78, 5) is 153. The summed E-state index contributed by atoms with van der Waals surface area (Å²) < 4.78 is 5.58. The van der Waals surface area contributed by atoms with Crippen LogP contribution in [0, 0.1) is 5.92 Å². The predicted molar refractivity (Wildman–Crippen MR) is 301 cm³/mol. The summed E-state index contributed by atoms with van der Waals surface area (Å²) in [6.45, 7) is 2.92. The molecular formula is C52H76N14O15S. The average Bonchev–Trinajstić information content (AvgIpc) is 4.01. The molecule has 0 heterocycles. The number of ether oxygens (including phenoxy) is 1. The molecule has 20 N–H and O–H groups in total. The lowest BCUT2D eigenvalue weighted by Crippen LogP contribution is -2.60. The maximum atomic E-state index is 14.2. The van der Waals surface area contributed by atoms with E-state index in [1.54, 1.807) is 20.1 Å². The van der Waals surface area contributed by atoms with E-state index in [0.29, 0.717) is 0 Å². The summed E-state index contributed by atoms with van der Waals surface area (Å²) in [5.74, 6) is -12.3. The van der Waals surface area contributed by atoms with Gasteiger partial charge in [-0.25, -0.2) is 9.59 Å². The number of alkyl carbamates (subject to hydrolysis) is 1. The van der Waals surface area contributed by atoms with E-state index in [2.05, 4.69) is 47.2 Å². The van der Waals surface area contributed by atoms with Crippen LogP contribution >= 0.6 is 11.8 Å². The van der Waals surface area contributed by atoms with Crippen molar-refractivity contribution in [3.8, 4) is 11.1 Å². The number of guanidine groups is 2. The van der Waals surface area contributed by atoms with Gasteiger partial charge in [-0.2, -0.15) is 11.8 Å². The number of nitrogens with two attached hydrogens (primary N) is 5. The number of carboxylic acids is 3. The second kappa shape index (κ2) is 34.4. The van der Waals surface area contributed by atoms with Crippen LogP contribution in [0.5, 0.6) is 0 Å². The molecule has 2 aromatic carbocycles. The first-order chi connectivity index (χ1) is 38.8. The number of carboxylic acid groups (broad SMARTS) is 3. The largest absolute Gasteiger partial charge is 0.481 e. The minimum Gasteiger partial charge on any atom is -0.481 e. The third kappa shape index (κ3) is 23.2.